The van der Waals surface area contributed by atoms with E-state index in [1.807, 2.05) is 24.3 Å². The number of thiocarbonyl (C=S) groups is 1. The molecular formula is C24H22F3N3OS. The van der Waals surface area contributed by atoms with E-state index in [0.717, 1.165) is 43.5 Å². The number of nitrogens with zero attached hydrogens (tertiary/aromatic N) is 3. The minimum Gasteiger partial charge on any atom is -0.303 e. The van der Waals surface area contributed by atoms with Crippen LogP contribution in [0.1, 0.15) is 50.2 Å². The molecule has 0 unspecified atom stereocenters. The molecular weight excluding hydrogens is 435 g/mol. The molecule has 2 aromatic rings. The summed E-state index contributed by atoms with van der Waals surface area (Å²) in [7, 11) is 0. The van der Waals surface area contributed by atoms with Crippen LogP contribution in [0.5, 0.6) is 0 Å². The highest BCUT2D eigenvalue weighted by Gasteiger charge is 2.59. The summed E-state index contributed by atoms with van der Waals surface area (Å²) in [5, 5.41) is 0.166. The molecule has 0 aromatic heterocycles. The number of hydrogen-bond donors (Lipinski definition) is 0. The molecule has 32 heavy (non-hydrogen) atoms. The quantitative estimate of drug-likeness (QED) is 0.371. The van der Waals surface area contributed by atoms with Gasteiger partial charge in [0, 0.05) is 11.4 Å². The molecule has 2 aliphatic rings. The molecule has 1 saturated heterocycles. The summed E-state index contributed by atoms with van der Waals surface area (Å²) in [4.78, 5) is 19.5. The topological polar surface area (TPSA) is 27.9 Å². The molecule has 0 atom stereocenters. The van der Waals surface area contributed by atoms with Gasteiger partial charge in [0.05, 0.1) is 12.1 Å². The molecule has 1 aliphatic heterocycles. The maximum atomic E-state index is 13.5. The van der Waals surface area contributed by atoms with Crippen LogP contribution in [-0.2, 0) is 17.4 Å². The first kappa shape index (κ1) is 22.3. The molecule has 4 rings (SSSR count). The zero-order chi connectivity index (χ0) is 23.1. The van der Waals surface area contributed by atoms with Crippen molar-refractivity contribution in [3.05, 3.63) is 65.0 Å². The number of carbonyl (C=O) groups excluding carboxylic acids is 1. The first-order valence-corrected chi connectivity index (χ1v) is 11.0. The lowest BCUT2D eigenvalue weighted by Crippen LogP contribution is -2.55. The molecule has 1 aliphatic carbocycles. The summed E-state index contributed by atoms with van der Waals surface area (Å²) >= 11 is 5.64. The summed E-state index contributed by atoms with van der Waals surface area (Å²) < 4.78 is 40.5. The highest BCUT2D eigenvalue weighted by molar-refractivity contribution is 7.81. The van der Waals surface area contributed by atoms with Crippen LogP contribution in [0.3, 0.4) is 0 Å². The highest BCUT2D eigenvalue weighted by atomic mass is 32.1. The number of rotatable bonds is 5. The van der Waals surface area contributed by atoms with Gasteiger partial charge in [0.2, 0.25) is 0 Å². The fraction of sp³-hybridized carbons (Fsp3) is 0.375. The van der Waals surface area contributed by atoms with Crippen molar-refractivity contribution in [3.63, 3.8) is 0 Å². The van der Waals surface area contributed by atoms with Gasteiger partial charge in [-0.3, -0.25) is 9.69 Å². The van der Waals surface area contributed by atoms with Gasteiger partial charge in [-0.1, -0.05) is 31.5 Å². The summed E-state index contributed by atoms with van der Waals surface area (Å²) in [6, 6.07) is 11.2. The van der Waals surface area contributed by atoms with E-state index in [1.165, 1.54) is 16.5 Å². The number of anilines is 2. The van der Waals surface area contributed by atoms with Crippen LogP contribution in [0.15, 0.2) is 42.5 Å². The lowest BCUT2D eigenvalue weighted by molar-refractivity contribution is -0.136. The van der Waals surface area contributed by atoms with Crippen LogP contribution < -0.4 is 9.80 Å². The van der Waals surface area contributed by atoms with E-state index in [-0.39, 0.29) is 16.7 Å². The minimum absolute atomic E-state index is 0.0352. The Kier molecular flexibility index (Phi) is 5.72. The number of halogens is 3. The average molecular weight is 458 g/mol. The van der Waals surface area contributed by atoms with Crippen molar-refractivity contribution in [2.75, 3.05) is 9.80 Å². The van der Waals surface area contributed by atoms with Crippen molar-refractivity contribution in [2.24, 2.45) is 0 Å². The van der Waals surface area contributed by atoms with Gasteiger partial charge < -0.3 is 4.90 Å². The van der Waals surface area contributed by atoms with Crippen molar-refractivity contribution < 1.29 is 18.0 Å². The molecule has 1 heterocycles. The number of amides is 1. The van der Waals surface area contributed by atoms with Crippen LogP contribution in [0.2, 0.25) is 0 Å². The van der Waals surface area contributed by atoms with E-state index in [1.54, 1.807) is 4.90 Å². The monoisotopic (exact) mass is 457 g/mol. The third-order valence-corrected chi connectivity index (χ3v) is 6.64. The molecule has 1 saturated carbocycles. The van der Waals surface area contributed by atoms with Crippen LogP contribution in [-0.4, -0.2) is 16.6 Å². The summed E-state index contributed by atoms with van der Waals surface area (Å²) in [5.74, 6) is -0.313. The smallest absolute Gasteiger partial charge is 0.303 e. The normalized spacial score (nSPS) is 17.6. The maximum Gasteiger partial charge on any atom is 0.407 e. The van der Waals surface area contributed by atoms with Gasteiger partial charge >= 0.3 is 6.18 Å². The van der Waals surface area contributed by atoms with Gasteiger partial charge in [-0.05, 0) is 74.2 Å². The number of unbranched alkanes of at least 4 members (excludes halogenated alkanes) is 1. The van der Waals surface area contributed by atoms with Crippen molar-refractivity contribution >= 4 is 40.3 Å². The Morgan fingerprint density at radius 1 is 1.12 bits per heavy atom. The molecule has 1 spiro atoms. The predicted molar refractivity (Wildman–Crippen MR) is 122 cm³/mol. The molecule has 8 heteroatoms. The number of alkyl halides is 3. The van der Waals surface area contributed by atoms with Crippen molar-refractivity contribution in [3.8, 4) is 0 Å². The zero-order valence-corrected chi connectivity index (χ0v) is 18.4. The van der Waals surface area contributed by atoms with Crippen molar-refractivity contribution in [1.29, 1.82) is 0 Å². The molecule has 2 aromatic carbocycles. The number of carbonyl (C=O) groups is 1. The van der Waals surface area contributed by atoms with Crippen molar-refractivity contribution in [1.82, 2.24) is 0 Å². The van der Waals surface area contributed by atoms with Crippen LogP contribution >= 0.6 is 12.2 Å². The third kappa shape index (κ3) is 3.55. The SMILES string of the molecule is [C-]#[N+]c1ccc(N2C(=O)C3(CCC3)N(c3ccc(CCCC)cc3)C2=S)cc1C(F)(F)F. The fourth-order valence-corrected chi connectivity index (χ4v) is 4.86. The Hall–Kier alpha value is -2.92. The molecule has 1 amide bonds. The summed E-state index contributed by atoms with van der Waals surface area (Å²) in [6.07, 6.45) is 0.459. The Bertz CT molecular complexity index is 1100. The first-order chi connectivity index (χ1) is 15.2. The van der Waals surface area contributed by atoms with Crippen LogP contribution in [0.25, 0.3) is 4.85 Å². The zero-order valence-electron chi connectivity index (χ0n) is 17.6. The molecule has 0 radical (unpaired) electrons. The largest absolute Gasteiger partial charge is 0.407 e. The number of hydrogen-bond acceptors (Lipinski definition) is 2. The maximum absolute atomic E-state index is 13.5. The van der Waals surface area contributed by atoms with Gasteiger partial charge in [0.25, 0.3) is 5.91 Å². The van der Waals surface area contributed by atoms with Crippen LogP contribution in [0, 0.1) is 6.57 Å². The summed E-state index contributed by atoms with van der Waals surface area (Å²) in [5.41, 5.74) is -0.443. The highest BCUT2D eigenvalue weighted by Crippen LogP contribution is 2.48. The van der Waals surface area contributed by atoms with Crippen molar-refractivity contribution in [2.45, 2.75) is 57.2 Å². The van der Waals surface area contributed by atoms with E-state index in [9.17, 15) is 18.0 Å². The first-order valence-electron chi connectivity index (χ1n) is 10.6. The molecule has 0 bridgehead atoms. The second-order valence-corrected chi connectivity index (χ2v) is 8.59. The lowest BCUT2D eigenvalue weighted by Gasteiger charge is -2.43. The molecule has 166 valence electrons. The van der Waals surface area contributed by atoms with Gasteiger partial charge in [-0.25, -0.2) is 4.85 Å². The van der Waals surface area contributed by atoms with E-state index in [2.05, 4.69) is 11.8 Å². The van der Waals surface area contributed by atoms with E-state index >= 15 is 0 Å². The lowest BCUT2D eigenvalue weighted by atomic mass is 9.75. The molecule has 4 nitrogen and oxygen atoms in total. The Morgan fingerprint density at radius 3 is 2.31 bits per heavy atom. The van der Waals surface area contributed by atoms with Gasteiger partial charge in [-0.2, -0.15) is 13.2 Å². The van der Waals surface area contributed by atoms with Crippen LogP contribution in [0.4, 0.5) is 30.2 Å². The number of benzene rings is 2. The molecule has 2 fully saturated rings. The summed E-state index contributed by atoms with van der Waals surface area (Å²) in [6.45, 7) is 9.17. The average Bonchev–Trinajstić information content (AvgIpc) is 2.98. The Morgan fingerprint density at radius 2 is 1.78 bits per heavy atom. The van der Waals surface area contributed by atoms with Gasteiger partial charge in [0.1, 0.15) is 5.54 Å². The third-order valence-electron chi connectivity index (χ3n) is 6.27. The Balaban J connectivity index is 1.73. The van der Waals surface area contributed by atoms with E-state index in [0.29, 0.717) is 12.8 Å². The number of aryl methyl sites for hydroxylation is 1. The second kappa shape index (κ2) is 8.21. The fourth-order valence-electron chi connectivity index (χ4n) is 4.39. The minimum atomic E-state index is -4.71. The predicted octanol–water partition coefficient (Wildman–Crippen LogP) is 6.66. The van der Waals surface area contributed by atoms with E-state index in [4.69, 9.17) is 18.8 Å². The standard InChI is InChI=1S/C24H22F3N3OS/c1-3-4-6-16-7-9-17(10-8-16)30-22(32)29(21(31)23(30)13-5-14-23)18-11-12-20(28-2)19(15-18)24(25,26)27/h7-12,15H,3-6,13-14H2,1H3. The second-order valence-electron chi connectivity index (χ2n) is 8.22. The molecule has 0 N–H and O–H groups in total. The Labute approximate surface area is 190 Å². The van der Waals surface area contributed by atoms with E-state index < -0.39 is 23.0 Å². The van der Waals surface area contributed by atoms with Gasteiger partial charge in [-0.15, -0.1) is 0 Å². The van der Waals surface area contributed by atoms with Gasteiger partial charge in [0.15, 0.2) is 10.8 Å².